The molecule has 1 saturated heterocycles. The normalized spacial score (nSPS) is 14.5. The van der Waals surface area contributed by atoms with Crippen LogP contribution in [0.3, 0.4) is 0 Å². The second-order valence-electron chi connectivity index (χ2n) is 7.19. The van der Waals surface area contributed by atoms with Crippen molar-refractivity contribution in [3.05, 3.63) is 48.3 Å². The molecule has 2 N–H and O–H groups in total. The molecule has 0 unspecified atom stereocenters. The first-order valence-electron chi connectivity index (χ1n) is 10.6. The first-order valence-corrected chi connectivity index (χ1v) is 10.6. The molecule has 2 heterocycles. The van der Waals surface area contributed by atoms with Crippen molar-refractivity contribution in [2.75, 3.05) is 42.9 Å². The lowest BCUT2D eigenvalue weighted by Gasteiger charge is -2.36. The Morgan fingerprint density at radius 2 is 1.77 bits per heavy atom. The van der Waals surface area contributed by atoms with Crippen molar-refractivity contribution in [3.63, 3.8) is 0 Å². The monoisotopic (exact) mass is 409 g/mol. The summed E-state index contributed by atoms with van der Waals surface area (Å²) in [6, 6.07) is 9.73. The number of rotatable bonds is 7. The molecule has 0 radical (unpaired) electrons. The van der Waals surface area contributed by atoms with E-state index in [1.807, 2.05) is 37.3 Å². The Morgan fingerprint density at radius 3 is 2.40 bits per heavy atom. The van der Waals surface area contributed by atoms with Crippen LogP contribution in [0.1, 0.15) is 32.3 Å². The number of hydrogen-bond donors (Lipinski definition) is 2. The van der Waals surface area contributed by atoms with Gasteiger partial charge >= 0.3 is 0 Å². The summed E-state index contributed by atoms with van der Waals surface area (Å²) in [6.07, 6.45) is 4.95. The number of anilines is 2. The lowest BCUT2D eigenvalue weighted by Crippen LogP contribution is -2.52. The molecule has 0 aliphatic carbocycles. The van der Waals surface area contributed by atoms with Gasteiger partial charge in [0.2, 0.25) is 11.9 Å². The molecule has 8 nitrogen and oxygen atoms in total. The number of guanidine groups is 1. The third-order valence-corrected chi connectivity index (χ3v) is 4.88. The molecule has 1 aliphatic heterocycles. The molecule has 30 heavy (non-hydrogen) atoms. The van der Waals surface area contributed by atoms with E-state index in [1.165, 1.54) is 0 Å². The summed E-state index contributed by atoms with van der Waals surface area (Å²) in [4.78, 5) is 29.7. The summed E-state index contributed by atoms with van der Waals surface area (Å²) in [7, 11) is 0. The fourth-order valence-electron chi connectivity index (χ4n) is 3.31. The number of nitrogens with one attached hydrogen (secondary N) is 2. The summed E-state index contributed by atoms with van der Waals surface area (Å²) in [5, 5.41) is 6.31. The first-order chi connectivity index (χ1) is 14.7. The van der Waals surface area contributed by atoms with Gasteiger partial charge in [0.05, 0.1) is 6.54 Å². The third-order valence-electron chi connectivity index (χ3n) is 4.88. The van der Waals surface area contributed by atoms with Crippen molar-refractivity contribution in [2.24, 2.45) is 4.99 Å². The minimum absolute atomic E-state index is 0.0535. The predicted molar refractivity (Wildman–Crippen MR) is 121 cm³/mol. The third kappa shape index (κ3) is 6.17. The maximum Gasteiger partial charge on any atom is 0.225 e. The van der Waals surface area contributed by atoms with E-state index in [1.54, 1.807) is 12.4 Å². The molecule has 0 saturated carbocycles. The number of aliphatic imine (C=N–C) groups is 1. The van der Waals surface area contributed by atoms with E-state index in [0.717, 1.165) is 62.3 Å². The summed E-state index contributed by atoms with van der Waals surface area (Å²) in [5.74, 6) is 1.76. The highest BCUT2D eigenvalue weighted by atomic mass is 16.1. The molecule has 1 aliphatic rings. The quantitative estimate of drug-likeness (QED) is 0.540. The van der Waals surface area contributed by atoms with Crippen LogP contribution in [-0.4, -0.2) is 59.5 Å². The molecule has 0 bridgehead atoms. The maximum atomic E-state index is 11.7. The second kappa shape index (κ2) is 11.1. The van der Waals surface area contributed by atoms with Crippen molar-refractivity contribution in [1.29, 1.82) is 0 Å². The van der Waals surface area contributed by atoms with E-state index in [0.29, 0.717) is 13.0 Å². The van der Waals surface area contributed by atoms with Crippen LogP contribution in [0.2, 0.25) is 0 Å². The molecule has 3 rings (SSSR count). The molecule has 1 aromatic carbocycles. The lowest BCUT2D eigenvalue weighted by atomic mass is 10.2. The van der Waals surface area contributed by atoms with E-state index >= 15 is 0 Å². The molecular weight excluding hydrogens is 378 g/mol. The molecule has 0 spiro atoms. The standard InChI is InChI=1S/C22H31N7O/c1-3-6-20(30)27-19-9-7-18(8-10-19)17-26-21(23-4-2)28-13-15-29(16-14-28)22-24-11-5-12-25-22/h5,7-12H,3-4,6,13-17H2,1-2H3,(H,23,26)(H,27,30). The molecular formula is C22H31N7O. The van der Waals surface area contributed by atoms with Gasteiger partial charge in [-0.05, 0) is 37.1 Å². The van der Waals surface area contributed by atoms with Gasteiger partial charge in [0.15, 0.2) is 5.96 Å². The average Bonchev–Trinajstić information content (AvgIpc) is 2.78. The van der Waals surface area contributed by atoms with Crippen LogP contribution in [0.15, 0.2) is 47.7 Å². The molecule has 1 aromatic heterocycles. The smallest absolute Gasteiger partial charge is 0.225 e. The molecule has 8 heteroatoms. The summed E-state index contributed by atoms with van der Waals surface area (Å²) in [6.45, 7) is 8.95. The summed E-state index contributed by atoms with van der Waals surface area (Å²) >= 11 is 0. The van der Waals surface area contributed by atoms with Gasteiger partial charge in [0.1, 0.15) is 0 Å². The zero-order valence-corrected chi connectivity index (χ0v) is 17.8. The Labute approximate surface area is 178 Å². The number of nitrogens with zero attached hydrogens (tertiary/aromatic N) is 5. The fourth-order valence-corrected chi connectivity index (χ4v) is 3.31. The first kappa shape index (κ1) is 21.5. The number of benzene rings is 1. The highest BCUT2D eigenvalue weighted by Gasteiger charge is 2.21. The number of carbonyl (C=O) groups excluding carboxylic acids is 1. The van der Waals surface area contributed by atoms with E-state index in [2.05, 4.69) is 37.3 Å². The van der Waals surface area contributed by atoms with Crippen LogP contribution in [0.4, 0.5) is 11.6 Å². The minimum Gasteiger partial charge on any atom is -0.357 e. The van der Waals surface area contributed by atoms with Crippen LogP contribution < -0.4 is 15.5 Å². The SMILES string of the molecule is CCCC(=O)Nc1ccc(CN=C(NCC)N2CCN(c3ncccn3)CC2)cc1. The van der Waals surface area contributed by atoms with Gasteiger partial charge in [-0.3, -0.25) is 4.79 Å². The number of carbonyl (C=O) groups is 1. The molecule has 1 amide bonds. The summed E-state index contributed by atoms with van der Waals surface area (Å²) < 4.78 is 0. The van der Waals surface area contributed by atoms with Crippen LogP contribution >= 0.6 is 0 Å². The molecule has 160 valence electrons. The van der Waals surface area contributed by atoms with E-state index < -0.39 is 0 Å². The van der Waals surface area contributed by atoms with Crippen LogP contribution in [0, 0.1) is 0 Å². The van der Waals surface area contributed by atoms with Gasteiger partial charge in [0, 0.05) is 57.2 Å². The number of aromatic nitrogens is 2. The Morgan fingerprint density at radius 1 is 1.07 bits per heavy atom. The minimum atomic E-state index is 0.0535. The Hall–Kier alpha value is -3.16. The van der Waals surface area contributed by atoms with Gasteiger partial charge < -0.3 is 20.4 Å². The average molecular weight is 410 g/mol. The highest BCUT2D eigenvalue weighted by molar-refractivity contribution is 5.90. The Balaban J connectivity index is 1.56. The van der Waals surface area contributed by atoms with E-state index in [4.69, 9.17) is 4.99 Å². The number of amides is 1. The van der Waals surface area contributed by atoms with Gasteiger partial charge in [-0.1, -0.05) is 19.1 Å². The summed E-state index contributed by atoms with van der Waals surface area (Å²) in [5.41, 5.74) is 1.93. The van der Waals surface area contributed by atoms with Crippen molar-refractivity contribution in [1.82, 2.24) is 20.2 Å². The van der Waals surface area contributed by atoms with Crippen LogP contribution in [-0.2, 0) is 11.3 Å². The lowest BCUT2D eigenvalue weighted by molar-refractivity contribution is -0.116. The van der Waals surface area contributed by atoms with Gasteiger partial charge in [-0.25, -0.2) is 15.0 Å². The zero-order chi connectivity index (χ0) is 21.2. The van der Waals surface area contributed by atoms with E-state index in [9.17, 15) is 4.79 Å². The van der Waals surface area contributed by atoms with E-state index in [-0.39, 0.29) is 5.91 Å². The Bertz CT molecular complexity index is 815. The largest absolute Gasteiger partial charge is 0.357 e. The van der Waals surface area contributed by atoms with Crippen LogP contribution in [0.5, 0.6) is 0 Å². The zero-order valence-electron chi connectivity index (χ0n) is 17.8. The van der Waals surface area contributed by atoms with Crippen LogP contribution in [0.25, 0.3) is 0 Å². The van der Waals surface area contributed by atoms with Gasteiger partial charge in [-0.15, -0.1) is 0 Å². The maximum absolute atomic E-state index is 11.7. The topological polar surface area (TPSA) is 85.8 Å². The number of piperazine rings is 1. The number of hydrogen-bond acceptors (Lipinski definition) is 5. The Kier molecular flexibility index (Phi) is 8.00. The van der Waals surface area contributed by atoms with Crippen molar-refractivity contribution < 1.29 is 4.79 Å². The fraction of sp³-hybridized carbons (Fsp3) is 0.455. The second-order valence-corrected chi connectivity index (χ2v) is 7.19. The van der Waals surface area contributed by atoms with Crippen molar-refractivity contribution >= 4 is 23.5 Å². The predicted octanol–water partition coefficient (Wildman–Crippen LogP) is 2.50. The van der Waals surface area contributed by atoms with Crippen molar-refractivity contribution in [3.8, 4) is 0 Å². The molecule has 2 aromatic rings. The van der Waals surface area contributed by atoms with Gasteiger partial charge in [-0.2, -0.15) is 0 Å². The molecule has 0 atom stereocenters. The highest BCUT2D eigenvalue weighted by Crippen LogP contribution is 2.13. The molecule has 1 fully saturated rings. The van der Waals surface area contributed by atoms with Gasteiger partial charge in [0.25, 0.3) is 0 Å². The van der Waals surface area contributed by atoms with Crippen molar-refractivity contribution in [2.45, 2.75) is 33.2 Å².